The maximum Gasteiger partial charge on any atom is 0.315 e. The molecule has 0 saturated heterocycles. The van der Waals surface area contributed by atoms with Gasteiger partial charge >= 0.3 is 6.03 Å². The number of imidazole rings is 1. The van der Waals surface area contributed by atoms with Crippen LogP contribution in [0.25, 0.3) is 0 Å². The Hall–Kier alpha value is -2.37. The Labute approximate surface area is 141 Å². The minimum Gasteiger partial charge on any atom is -0.336 e. The molecule has 1 saturated carbocycles. The molecule has 1 aliphatic rings. The summed E-state index contributed by atoms with van der Waals surface area (Å²) in [6.07, 6.45) is 8.93. The van der Waals surface area contributed by atoms with Gasteiger partial charge in [0.05, 0.1) is 0 Å². The molecule has 6 heteroatoms. The van der Waals surface area contributed by atoms with E-state index in [1.807, 2.05) is 7.05 Å². The summed E-state index contributed by atoms with van der Waals surface area (Å²) >= 11 is 0. The molecule has 0 radical (unpaired) electrons. The minimum absolute atomic E-state index is 0.196. The largest absolute Gasteiger partial charge is 0.336 e. The Kier molecular flexibility index (Phi) is 5.13. The summed E-state index contributed by atoms with van der Waals surface area (Å²) < 4.78 is 16.1. The highest BCUT2D eigenvalue weighted by atomic mass is 19.1. The van der Waals surface area contributed by atoms with Crippen molar-refractivity contribution in [3.05, 3.63) is 53.9 Å². The predicted molar refractivity (Wildman–Crippen MR) is 90.0 cm³/mol. The number of hydrogen-bond acceptors (Lipinski definition) is 2. The van der Waals surface area contributed by atoms with Crippen molar-refractivity contribution >= 4 is 6.03 Å². The van der Waals surface area contributed by atoms with Gasteiger partial charge in [-0.1, -0.05) is 37.5 Å². The first kappa shape index (κ1) is 16.5. The molecule has 3 rings (SSSR count). The standard InChI is InChI=1S/C18H23FN4O/c1-23-12-11-20-17(23)16(14-9-5-6-10-15(14)19)22-18(24)21-13-7-3-2-4-8-13/h5-6,9-13,16H,2-4,7-8H2,1H3,(H2,21,22,24). The Balaban J connectivity index is 1.79. The first-order valence-electron chi connectivity index (χ1n) is 8.44. The summed E-state index contributed by atoms with van der Waals surface area (Å²) in [4.78, 5) is 16.7. The molecule has 0 spiro atoms. The van der Waals surface area contributed by atoms with Crippen LogP contribution in [0.15, 0.2) is 36.7 Å². The van der Waals surface area contributed by atoms with Gasteiger partial charge in [0.2, 0.25) is 0 Å². The lowest BCUT2D eigenvalue weighted by molar-refractivity contribution is 0.229. The van der Waals surface area contributed by atoms with E-state index in [9.17, 15) is 9.18 Å². The second-order valence-corrected chi connectivity index (χ2v) is 6.30. The van der Waals surface area contributed by atoms with Crippen LogP contribution in [-0.2, 0) is 7.05 Å². The molecule has 2 amide bonds. The van der Waals surface area contributed by atoms with Crippen molar-refractivity contribution in [3.8, 4) is 0 Å². The molecule has 0 aliphatic heterocycles. The number of amides is 2. The van der Waals surface area contributed by atoms with Crippen molar-refractivity contribution < 1.29 is 9.18 Å². The van der Waals surface area contributed by atoms with Gasteiger partial charge in [0, 0.05) is 31.0 Å². The summed E-state index contributed by atoms with van der Waals surface area (Å²) in [5, 5.41) is 5.90. The maximum atomic E-state index is 14.3. The van der Waals surface area contributed by atoms with Gasteiger partial charge in [-0.05, 0) is 18.9 Å². The number of benzene rings is 1. The number of aryl methyl sites for hydroxylation is 1. The summed E-state index contributed by atoms with van der Waals surface area (Å²) in [6.45, 7) is 0. The third-order valence-corrected chi connectivity index (χ3v) is 4.55. The molecule has 5 nitrogen and oxygen atoms in total. The molecule has 1 fully saturated rings. The van der Waals surface area contributed by atoms with E-state index in [0.29, 0.717) is 11.4 Å². The lowest BCUT2D eigenvalue weighted by atomic mass is 9.96. The summed E-state index contributed by atoms with van der Waals surface area (Å²) in [5.41, 5.74) is 0.408. The summed E-state index contributed by atoms with van der Waals surface area (Å²) in [5.74, 6) is 0.238. The normalized spacial score (nSPS) is 16.6. The smallest absolute Gasteiger partial charge is 0.315 e. The van der Waals surface area contributed by atoms with Crippen molar-refractivity contribution in [2.75, 3.05) is 0 Å². The highest BCUT2D eigenvalue weighted by Crippen LogP contribution is 2.23. The fourth-order valence-corrected chi connectivity index (χ4v) is 3.25. The second kappa shape index (κ2) is 7.47. The molecular formula is C18H23FN4O. The van der Waals surface area contributed by atoms with Crippen molar-refractivity contribution in [2.45, 2.75) is 44.2 Å². The van der Waals surface area contributed by atoms with E-state index < -0.39 is 6.04 Å². The quantitative estimate of drug-likeness (QED) is 0.904. The van der Waals surface area contributed by atoms with E-state index in [2.05, 4.69) is 15.6 Å². The Morgan fingerprint density at radius 3 is 2.71 bits per heavy atom. The molecule has 1 heterocycles. The zero-order valence-electron chi connectivity index (χ0n) is 13.8. The third-order valence-electron chi connectivity index (χ3n) is 4.55. The van der Waals surface area contributed by atoms with Crippen LogP contribution in [0.5, 0.6) is 0 Å². The summed E-state index contributed by atoms with van der Waals surface area (Å²) in [6, 6.07) is 5.75. The lowest BCUT2D eigenvalue weighted by Gasteiger charge is -2.25. The van der Waals surface area contributed by atoms with E-state index in [1.54, 1.807) is 35.2 Å². The first-order chi connectivity index (χ1) is 11.6. The average molecular weight is 330 g/mol. The highest BCUT2D eigenvalue weighted by Gasteiger charge is 2.24. The Bertz CT molecular complexity index is 694. The number of hydrogen-bond donors (Lipinski definition) is 2. The van der Waals surface area contributed by atoms with Crippen LogP contribution in [0.4, 0.5) is 9.18 Å². The lowest BCUT2D eigenvalue weighted by Crippen LogP contribution is -2.45. The number of rotatable bonds is 4. The van der Waals surface area contributed by atoms with Gasteiger partial charge in [0.1, 0.15) is 17.7 Å². The molecule has 1 aromatic heterocycles. The maximum absolute atomic E-state index is 14.3. The Morgan fingerprint density at radius 1 is 1.29 bits per heavy atom. The number of aromatic nitrogens is 2. The number of urea groups is 1. The molecule has 1 aromatic carbocycles. The van der Waals surface area contributed by atoms with Crippen molar-refractivity contribution in [1.29, 1.82) is 0 Å². The molecule has 24 heavy (non-hydrogen) atoms. The predicted octanol–water partition coefficient (Wildman–Crippen LogP) is 3.28. The van der Waals surface area contributed by atoms with E-state index in [-0.39, 0.29) is 17.9 Å². The zero-order chi connectivity index (χ0) is 16.9. The third kappa shape index (κ3) is 3.75. The van der Waals surface area contributed by atoms with Crippen molar-refractivity contribution in [1.82, 2.24) is 20.2 Å². The minimum atomic E-state index is -0.630. The van der Waals surface area contributed by atoms with Crippen LogP contribution >= 0.6 is 0 Å². The second-order valence-electron chi connectivity index (χ2n) is 6.30. The van der Waals surface area contributed by atoms with Crippen LogP contribution in [0.2, 0.25) is 0 Å². The van der Waals surface area contributed by atoms with Crippen molar-refractivity contribution in [2.24, 2.45) is 7.05 Å². The van der Waals surface area contributed by atoms with Crippen molar-refractivity contribution in [3.63, 3.8) is 0 Å². The zero-order valence-corrected chi connectivity index (χ0v) is 13.8. The molecule has 1 unspecified atom stereocenters. The number of carbonyl (C=O) groups is 1. The molecule has 2 aromatic rings. The van der Waals surface area contributed by atoms with Crippen LogP contribution < -0.4 is 10.6 Å². The van der Waals surface area contributed by atoms with Gasteiger partial charge in [-0.25, -0.2) is 14.2 Å². The van der Waals surface area contributed by atoms with Gasteiger partial charge in [0.15, 0.2) is 0 Å². The fraction of sp³-hybridized carbons (Fsp3) is 0.444. The van der Waals surface area contributed by atoms with E-state index >= 15 is 0 Å². The number of halogens is 1. The first-order valence-corrected chi connectivity index (χ1v) is 8.44. The van der Waals surface area contributed by atoms with E-state index in [0.717, 1.165) is 25.7 Å². The van der Waals surface area contributed by atoms with Crippen LogP contribution in [0, 0.1) is 5.82 Å². The van der Waals surface area contributed by atoms with Gasteiger partial charge in [0.25, 0.3) is 0 Å². The molecular weight excluding hydrogens is 307 g/mol. The van der Waals surface area contributed by atoms with Crippen LogP contribution in [0.3, 0.4) is 0 Å². The summed E-state index contributed by atoms with van der Waals surface area (Å²) in [7, 11) is 1.83. The topological polar surface area (TPSA) is 59.0 Å². The molecule has 1 atom stereocenters. The number of nitrogens with zero attached hydrogens (tertiary/aromatic N) is 2. The van der Waals surface area contributed by atoms with Gasteiger partial charge in [-0.3, -0.25) is 0 Å². The van der Waals surface area contributed by atoms with E-state index in [4.69, 9.17) is 0 Å². The van der Waals surface area contributed by atoms with Gasteiger partial charge in [-0.2, -0.15) is 0 Å². The molecule has 2 N–H and O–H groups in total. The highest BCUT2D eigenvalue weighted by molar-refractivity contribution is 5.75. The van der Waals surface area contributed by atoms with E-state index in [1.165, 1.54) is 12.5 Å². The fourth-order valence-electron chi connectivity index (χ4n) is 3.25. The van der Waals surface area contributed by atoms with Crippen LogP contribution in [-0.4, -0.2) is 21.6 Å². The van der Waals surface area contributed by atoms with Gasteiger partial charge < -0.3 is 15.2 Å². The molecule has 128 valence electrons. The van der Waals surface area contributed by atoms with Gasteiger partial charge in [-0.15, -0.1) is 0 Å². The molecule has 1 aliphatic carbocycles. The average Bonchev–Trinajstić information content (AvgIpc) is 3.00. The number of nitrogens with one attached hydrogen (secondary N) is 2. The monoisotopic (exact) mass is 330 g/mol. The van der Waals surface area contributed by atoms with Crippen LogP contribution in [0.1, 0.15) is 49.5 Å². The Morgan fingerprint density at radius 2 is 2.04 bits per heavy atom. The SMILES string of the molecule is Cn1ccnc1C(NC(=O)NC1CCCCC1)c1ccccc1F. The molecule has 0 bridgehead atoms. The number of carbonyl (C=O) groups excluding carboxylic acids is 1.